The first-order valence-electron chi connectivity index (χ1n) is 9.60. The maximum atomic E-state index is 13.6. The van der Waals surface area contributed by atoms with Gasteiger partial charge in [0.2, 0.25) is 5.91 Å². The molecule has 158 valence electrons. The zero-order chi connectivity index (χ0) is 22.2. The highest BCUT2D eigenvalue weighted by Crippen LogP contribution is 2.31. The van der Waals surface area contributed by atoms with Crippen molar-refractivity contribution in [2.24, 2.45) is 0 Å². The third kappa shape index (κ3) is 4.51. The Morgan fingerprint density at radius 1 is 1.13 bits per heavy atom. The zero-order valence-electron chi connectivity index (χ0n) is 17.2. The fourth-order valence-corrected chi connectivity index (χ4v) is 3.61. The number of ether oxygens (including phenoxy) is 1. The first-order valence-corrected chi connectivity index (χ1v) is 9.98. The van der Waals surface area contributed by atoms with Crippen LogP contribution >= 0.6 is 11.6 Å². The molecule has 2 heterocycles. The molecule has 1 amide bonds. The summed E-state index contributed by atoms with van der Waals surface area (Å²) in [6.07, 6.45) is 0. The van der Waals surface area contributed by atoms with E-state index in [1.165, 1.54) is 19.1 Å². The van der Waals surface area contributed by atoms with E-state index in [4.69, 9.17) is 16.3 Å². The van der Waals surface area contributed by atoms with Gasteiger partial charge in [-0.1, -0.05) is 35.9 Å². The molecule has 4 aromatic rings. The number of halogens is 2. The molecule has 0 fully saturated rings. The van der Waals surface area contributed by atoms with E-state index in [9.17, 15) is 9.18 Å². The van der Waals surface area contributed by atoms with Crippen molar-refractivity contribution in [2.45, 2.75) is 26.3 Å². The van der Waals surface area contributed by atoms with Crippen LogP contribution in [0.3, 0.4) is 0 Å². The Bertz CT molecular complexity index is 1270. The Morgan fingerprint density at radius 2 is 1.87 bits per heavy atom. The van der Waals surface area contributed by atoms with E-state index in [0.29, 0.717) is 33.2 Å². The number of benzene rings is 2. The van der Waals surface area contributed by atoms with Crippen molar-refractivity contribution in [3.05, 3.63) is 71.0 Å². The van der Waals surface area contributed by atoms with E-state index in [2.05, 4.69) is 20.3 Å². The lowest BCUT2D eigenvalue weighted by molar-refractivity contribution is -0.120. The number of H-pyrrole nitrogens is 1. The lowest BCUT2D eigenvalue weighted by atomic mass is 9.94. The van der Waals surface area contributed by atoms with Crippen molar-refractivity contribution in [2.75, 3.05) is 0 Å². The minimum Gasteiger partial charge on any atom is -0.426 e. The summed E-state index contributed by atoms with van der Waals surface area (Å²) in [5.74, 6) is 0.0981. The van der Waals surface area contributed by atoms with Gasteiger partial charge in [-0.3, -0.25) is 4.79 Å². The quantitative estimate of drug-likeness (QED) is 0.426. The third-order valence-electron chi connectivity index (χ3n) is 4.78. The lowest BCUT2D eigenvalue weighted by Gasteiger charge is -2.26. The van der Waals surface area contributed by atoms with Crippen LogP contribution in [0.1, 0.15) is 26.3 Å². The summed E-state index contributed by atoms with van der Waals surface area (Å²) in [4.78, 5) is 23.3. The number of nitrogens with zero attached hydrogens (tertiary/aromatic N) is 2. The number of hydrogen-bond acceptors (Lipinski definition) is 4. The number of carbonyl (C=O) groups excluding carboxylic acids is 1. The number of amides is 1. The lowest BCUT2D eigenvalue weighted by Crippen LogP contribution is -2.39. The minimum atomic E-state index is -0.502. The predicted molar refractivity (Wildman–Crippen MR) is 118 cm³/mol. The van der Waals surface area contributed by atoms with Gasteiger partial charge in [0.1, 0.15) is 11.6 Å². The second-order valence-corrected chi connectivity index (χ2v) is 8.08. The Labute approximate surface area is 183 Å². The van der Waals surface area contributed by atoms with Crippen LogP contribution in [-0.4, -0.2) is 20.9 Å². The Kier molecular flexibility index (Phi) is 5.37. The van der Waals surface area contributed by atoms with E-state index in [1.807, 2.05) is 26.0 Å². The normalized spacial score (nSPS) is 11.5. The summed E-state index contributed by atoms with van der Waals surface area (Å²) in [5, 5.41) is 3.28. The molecule has 2 N–H and O–H groups in total. The average molecular weight is 439 g/mol. The monoisotopic (exact) mass is 438 g/mol. The van der Waals surface area contributed by atoms with E-state index < -0.39 is 5.54 Å². The molecule has 8 heteroatoms. The Hall–Kier alpha value is -3.45. The van der Waals surface area contributed by atoms with Crippen LogP contribution in [0.15, 0.2) is 54.6 Å². The van der Waals surface area contributed by atoms with E-state index in [-0.39, 0.29) is 17.7 Å². The molecular weight excluding hydrogens is 419 g/mol. The Morgan fingerprint density at radius 3 is 2.55 bits per heavy atom. The molecule has 6 nitrogen and oxygen atoms in total. The van der Waals surface area contributed by atoms with Crippen LogP contribution in [0.25, 0.3) is 22.4 Å². The summed E-state index contributed by atoms with van der Waals surface area (Å²) in [6, 6.07) is 15.4. The van der Waals surface area contributed by atoms with E-state index >= 15 is 0 Å². The van der Waals surface area contributed by atoms with Crippen molar-refractivity contribution in [1.29, 1.82) is 0 Å². The van der Waals surface area contributed by atoms with Crippen LogP contribution in [0.2, 0.25) is 5.02 Å². The molecule has 0 bridgehead atoms. The standard InChI is InChI=1S/C23H20ClFN4O2/c1-13(30)29-23(2,3)15-7-9-17(10-8-15)31-22-26-19-12-18(24)20(27-21(19)28-22)14-5-4-6-16(25)11-14/h4-12H,1-3H3,(H,29,30)(H,26,27,28). The number of carbonyl (C=O) groups is 1. The van der Waals surface area contributed by atoms with Crippen molar-refractivity contribution in [3.8, 4) is 23.0 Å². The summed E-state index contributed by atoms with van der Waals surface area (Å²) in [7, 11) is 0. The van der Waals surface area contributed by atoms with Gasteiger partial charge in [0.15, 0.2) is 5.65 Å². The topological polar surface area (TPSA) is 79.9 Å². The molecule has 0 atom stereocenters. The number of pyridine rings is 1. The highest BCUT2D eigenvalue weighted by Gasteiger charge is 2.21. The van der Waals surface area contributed by atoms with Crippen LogP contribution < -0.4 is 10.1 Å². The number of fused-ring (bicyclic) bond motifs is 1. The highest BCUT2D eigenvalue weighted by atomic mass is 35.5. The molecular formula is C23H20ClFN4O2. The molecule has 0 aliphatic rings. The smallest absolute Gasteiger partial charge is 0.301 e. The van der Waals surface area contributed by atoms with Crippen molar-refractivity contribution in [3.63, 3.8) is 0 Å². The molecule has 0 saturated heterocycles. The van der Waals surface area contributed by atoms with Crippen LogP contribution in [-0.2, 0) is 10.3 Å². The molecule has 0 radical (unpaired) electrons. The SMILES string of the molecule is CC(=O)NC(C)(C)c1ccc(Oc2nc3nc(-c4cccc(F)c4)c(Cl)cc3[nH]2)cc1. The van der Waals surface area contributed by atoms with Gasteiger partial charge >= 0.3 is 6.01 Å². The summed E-state index contributed by atoms with van der Waals surface area (Å²) >= 11 is 6.35. The first-order chi connectivity index (χ1) is 14.7. The van der Waals surface area contributed by atoms with Crippen molar-refractivity contribution >= 4 is 28.7 Å². The maximum Gasteiger partial charge on any atom is 0.301 e. The molecule has 0 spiro atoms. The van der Waals surface area contributed by atoms with Crippen LogP contribution in [0.4, 0.5) is 4.39 Å². The molecule has 0 aliphatic heterocycles. The molecule has 31 heavy (non-hydrogen) atoms. The van der Waals surface area contributed by atoms with Gasteiger partial charge in [-0.05, 0) is 49.7 Å². The maximum absolute atomic E-state index is 13.6. The van der Waals surface area contributed by atoms with Gasteiger partial charge in [-0.25, -0.2) is 9.37 Å². The van der Waals surface area contributed by atoms with Gasteiger partial charge in [0, 0.05) is 12.5 Å². The number of hydrogen-bond donors (Lipinski definition) is 2. The summed E-state index contributed by atoms with van der Waals surface area (Å²) in [5.41, 5.74) is 2.45. The van der Waals surface area contributed by atoms with Gasteiger partial charge in [0.05, 0.1) is 21.8 Å². The van der Waals surface area contributed by atoms with Gasteiger partial charge in [-0.2, -0.15) is 4.98 Å². The van der Waals surface area contributed by atoms with Crippen molar-refractivity contribution < 1.29 is 13.9 Å². The largest absolute Gasteiger partial charge is 0.426 e. The zero-order valence-corrected chi connectivity index (χ0v) is 17.9. The number of nitrogens with one attached hydrogen (secondary N) is 2. The average Bonchev–Trinajstić information content (AvgIpc) is 3.07. The van der Waals surface area contributed by atoms with E-state index in [0.717, 1.165) is 5.56 Å². The highest BCUT2D eigenvalue weighted by molar-refractivity contribution is 6.33. The fraction of sp³-hybridized carbons (Fsp3) is 0.174. The molecule has 0 aliphatic carbocycles. The number of rotatable bonds is 5. The molecule has 2 aromatic carbocycles. The van der Waals surface area contributed by atoms with Crippen LogP contribution in [0.5, 0.6) is 11.8 Å². The predicted octanol–water partition coefficient (Wildman–Crippen LogP) is 5.58. The van der Waals surface area contributed by atoms with Gasteiger partial charge in [-0.15, -0.1) is 0 Å². The van der Waals surface area contributed by atoms with Gasteiger partial charge in [0.25, 0.3) is 0 Å². The number of imidazole rings is 1. The second kappa shape index (κ2) is 8.00. The summed E-state index contributed by atoms with van der Waals surface area (Å²) < 4.78 is 19.4. The van der Waals surface area contributed by atoms with Gasteiger partial charge < -0.3 is 15.0 Å². The minimum absolute atomic E-state index is 0.101. The fourth-order valence-electron chi connectivity index (χ4n) is 3.35. The molecule has 0 unspecified atom stereocenters. The first kappa shape index (κ1) is 20.8. The molecule has 2 aromatic heterocycles. The molecule has 4 rings (SSSR count). The second-order valence-electron chi connectivity index (χ2n) is 7.67. The Balaban J connectivity index is 1.59. The van der Waals surface area contributed by atoms with Crippen molar-refractivity contribution in [1.82, 2.24) is 20.3 Å². The van der Waals surface area contributed by atoms with E-state index in [1.54, 1.807) is 30.3 Å². The number of aromatic nitrogens is 3. The summed E-state index contributed by atoms with van der Waals surface area (Å²) in [6.45, 7) is 5.34. The molecule has 0 saturated carbocycles. The van der Waals surface area contributed by atoms with Crippen LogP contribution in [0, 0.1) is 5.82 Å². The third-order valence-corrected chi connectivity index (χ3v) is 5.07. The number of aromatic amines is 1.